The van der Waals surface area contributed by atoms with E-state index in [1.165, 1.54) is 17.7 Å². The first kappa shape index (κ1) is 12.6. The van der Waals surface area contributed by atoms with Crippen molar-refractivity contribution in [2.75, 3.05) is 12.0 Å². The average Bonchev–Trinajstić information content (AvgIpc) is 3.15. The number of hydrogen-bond acceptors (Lipinski definition) is 6. The van der Waals surface area contributed by atoms with Crippen molar-refractivity contribution in [3.63, 3.8) is 0 Å². The second-order valence-corrected chi connectivity index (χ2v) is 5.98. The lowest BCUT2D eigenvalue weighted by molar-refractivity contribution is 0.295. The fourth-order valence-electron chi connectivity index (χ4n) is 2.02. The molecule has 0 bridgehead atoms. The second kappa shape index (κ2) is 5.30. The van der Waals surface area contributed by atoms with Crippen LogP contribution in [0.2, 0.25) is 0 Å². The molecule has 3 N–H and O–H groups in total. The van der Waals surface area contributed by atoms with E-state index in [-0.39, 0.29) is 0 Å². The molecule has 2 heterocycles. The molecule has 0 unspecified atom stereocenters. The predicted octanol–water partition coefficient (Wildman–Crippen LogP) is 2.72. The number of anilines is 1. The summed E-state index contributed by atoms with van der Waals surface area (Å²) < 4.78 is 5.83. The Labute approximate surface area is 116 Å². The Morgan fingerprint density at radius 1 is 1.47 bits per heavy atom. The quantitative estimate of drug-likeness (QED) is 0.628. The number of aromatic nitrogens is 2. The molecule has 19 heavy (non-hydrogen) atoms. The highest BCUT2D eigenvalue weighted by molar-refractivity contribution is 7.18. The zero-order valence-electron chi connectivity index (χ0n) is 11.0. The Morgan fingerprint density at radius 2 is 2.32 bits per heavy atom. The third-order valence-corrected chi connectivity index (χ3v) is 4.52. The van der Waals surface area contributed by atoms with E-state index >= 15 is 0 Å². The molecule has 0 amide bonds. The van der Waals surface area contributed by atoms with Crippen molar-refractivity contribution in [1.29, 1.82) is 0 Å². The summed E-state index contributed by atoms with van der Waals surface area (Å²) in [6, 6.07) is 2.12. The van der Waals surface area contributed by atoms with E-state index < -0.39 is 0 Å². The molecular weight excluding hydrogens is 260 g/mol. The molecule has 1 fully saturated rings. The van der Waals surface area contributed by atoms with Gasteiger partial charge in [-0.05, 0) is 24.8 Å². The number of fused-ring (bicyclic) bond motifs is 1. The number of nitrogens with one attached hydrogen (secondary N) is 1. The van der Waals surface area contributed by atoms with Gasteiger partial charge in [0.25, 0.3) is 0 Å². The Morgan fingerprint density at radius 3 is 3.00 bits per heavy atom. The number of nitrogen functional groups attached to an aromatic ring is 1. The fraction of sp³-hybridized carbons (Fsp3) is 0.538. The first-order valence-electron chi connectivity index (χ1n) is 6.70. The highest BCUT2D eigenvalue weighted by atomic mass is 32.1. The van der Waals surface area contributed by atoms with E-state index in [1.807, 2.05) is 0 Å². The third-order valence-electron chi connectivity index (χ3n) is 3.35. The SMILES string of the molecule is CCc1cc2c(OCCC3CC3)nc(NN)nc2s1. The van der Waals surface area contributed by atoms with E-state index in [2.05, 4.69) is 28.4 Å². The van der Waals surface area contributed by atoms with Gasteiger partial charge in [0, 0.05) is 4.88 Å². The summed E-state index contributed by atoms with van der Waals surface area (Å²) in [6.45, 7) is 2.85. The summed E-state index contributed by atoms with van der Waals surface area (Å²) in [4.78, 5) is 10.9. The molecule has 1 saturated carbocycles. The number of nitrogens with zero attached hydrogens (tertiary/aromatic N) is 2. The molecule has 0 saturated heterocycles. The van der Waals surface area contributed by atoms with Gasteiger partial charge in [0.1, 0.15) is 4.83 Å². The normalized spacial score (nSPS) is 14.8. The van der Waals surface area contributed by atoms with Crippen LogP contribution in [0.4, 0.5) is 5.95 Å². The Kier molecular flexibility index (Phi) is 3.52. The van der Waals surface area contributed by atoms with Crippen LogP contribution in [0, 0.1) is 5.92 Å². The highest BCUT2D eigenvalue weighted by Crippen LogP contribution is 2.34. The molecule has 0 aromatic carbocycles. The van der Waals surface area contributed by atoms with Crippen LogP contribution in [0.3, 0.4) is 0 Å². The van der Waals surface area contributed by atoms with Crippen LogP contribution in [-0.4, -0.2) is 16.6 Å². The lowest BCUT2D eigenvalue weighted by Crippen LogP contribution is -2.11. The van der Waals surface area contributed by atoms with Crippen molar-refractivity contribution in [2.24, 2.45) is 11.8 Å². The summed E-state index contributed by atoms with van der Waals surface area (Å²) in [7, 11) is 0. The zero-order chi connectivity index (χ0) is 13.2. The largest absolute Gasteiger partial charge is 0.477 e. The summed E-state index contributed by atoms with van der Waals surface area (Å²) >= 11 is 1.67. The van der Waals surface area contributed by atoms with Gasteiger partial charge in [0.2, 0.25) is 11.8 Å². The van der Waals surface area contributed by atoms with E-state index in [1.54, 1.807) is 11.3 Å². The van der Waals surface area contributed by atoms with E-state index in [9.17, 15) is 0 Å². The van der Waals surface area contributed by atoms with E-state index in [4.69, 9.17) is 10.6 Å². The Balaban J connectivity index is 1.87. The second-order valence-electron chi connectivity index (χ2n) is 4.86. The Hall–Kier alpha value is -1.40. The smallest absolute Gasteiger partial charge is 0.241 e. The molecule has 0 atom stereocenters. The van der Waals surface area contributed by atoms with Crippen molar-refractivity contribution in [1.82, 2.24) is 9.97 Å². The molecule has 3 rings (SSSR count). The summed E-state index contributed by atoms with van der Waals surface area (Å²) in [5.74, 6) is 7.33. The molecule has 2 aromatic heterocycles. The van der Waals surface area contributed by atoms with Gasteiger partial charge in [0.05, 0.1) is 12.0 Å². The van der Waals surface area contributed by atoms with Gasteiger partial charge < -0.3 is 4.74 Å². The number of aryl methyl sites for hydroxylation is 1. The van der Waals surface area contributed by atoms with Crippen molar-refractivity contribution < 1.29 is 4.74 Å². The first-order chi connectivity index (χ1) is 9.30. The number of ether oxygens (including phenoxy) is 1. The maximum absolute atomic E-state index is 5.83. The summed E-state index contributed by atoms with van der Waals surface area (Å²) in [6.07, 6.45) is 4.79. The van der Waals surface area contributed by atoms with Crippen molar-refractivity contribution >= 4 is 27.5 Å². The maximum atomic E-state index is 5.83. The van der Waals surface area contributed by atoms with Gasteiger partial charge in [-0.15, -0.1) is 11.3 Å². The van der Waals surface area contributed by atoms with Gasteiger partial charge in [0.15, 0.2) is 0 Å². The Bertz CT molecular complexity index is 579. The highest BCUT2D eigenvalue weighted by Gasteiger charge is 2.21. The van der Waals surface area contributed by atoms with Crippen LogP contribution < -0.4 is 16.0 Å². The topological polar surface area (TPSA) is 73.1 Å². The number of rotatable bonds is 6. The van der Waals surface area contributed by atoms with Gasteiger partial charge in [-0.25, -0.2) is 10.8 Å². The third kappa shape index (κ3) is 2.79. The zero-order valence-corrected chi connectivity index (χ0v) is 11.8. The number of thiophene rings is 1. The van der Waals surface area contributed by atoms with Gasteiger partial charge in [-0.1, -0.05) is 19.8 Å². The molecule has 102 valence electrons. The monoisotopic (exact) mass is 278 g/mol. The number of hydrogen-bond donors (Lipinski definition) is 2. The molecule has 6 heteroatoms. The molecule has 5 nitrogen and oxygen atoms in total. The summed E-state index contributed by atoms with van der Waals surface area (Å²) in [5.41, 5.74) is 2.50. The lowest BCUT2D eigenvalue weighted by Gasteiger charge is -2.07. The van der Waals surface area contributed by atoms with Crippen LogP contribution in [-0.2, 0) is 6.42 Å². The average molecular weight is 278 g/mol. The van der Waals surface area contributed by atoms with Crippen molar-refractivity contribution in [3.8, 4) is 5.88 Å². The van der Waals surface area contributed by atoms with Crippen LogP contribution in [0.25, 0.3) is 10.2 Å². The summed E-state index contributed by atoms with van der Waals surface area (Å²) in [5, 5.41) is 0.997. The molecule has 0 radical (unpaired) electrons. The minimum atomic E-state index is 0.415. The molecule has 1 aliphatic rings. The predicted molar refractivity (Wildman–Crippen MR) is 77.4 cm³/mol. The number of nitrogens with two attached hydrogens (primary N) is 1. The molecule has 0 aliphatic heterocycles. The molecule has 0 spiro atoms. The fourth-order valence-corrected chi connectivity index (χ4v) is 2.98. The molecule has 1 aliphatic carbocycles. The standard InChI is InChI=1S/C13H18N4OS/c1-2-9-7-10-11(18-6-5-8-3-4-8)15-13(17-14)16-12(10)19-9/h7-8H,2-6,14H2,1H3,(H,15,16,17). The van der Waals surface area contributed by atoms with Crippen LogP contribution in [0.5, 0.6) is 5.88 Å². The van der Waals surface area contributed by atoms with Crippen LogP contribution >= 0.6 is 11.3 Å². The lowest BCUT2D eigenvalue weighted by atomic mass is 10.3. The minimum absolute atomic E-state index is 0.415. The van der Waals surface area contributed by atoms with Crippen molar-refractivity contribution in [3.05, 3.63) is 10.9 Å². The van der Waals surface area contributed by atoms with Gasteiger partial charge in [-0.2, -0.15) is 4.98 Å². The maximum Gasteiger partial charge on any atom is 0.241 e. The van der Waals surface area contributed by atoms with Gasteiger partial charge in [-0.3, -0.25) is 5.43 Å². The van der Waals surface area contributed by atoms with E-state index in [0.717, 1.165) is 35.6 Å². The molecular formula is C13H18N4OS. The van der Waals surface area contributed by atoms with Crippen LogP contribution in [0.1, 0.15) is 31.1 Å². The first-order valence-corrected chi connectivity index (χ1v) is 7.51. The van der Waals surface area contributed by atoms with E-state index in [0.29, 0.717) is 11.8 Å². The molecule has 2 aromatic rings. The minimum Gasteiger partial charge on any atom is -0.477 e. The van der Waals surface area contributed by atoms with Gasteiger partial charge >= 0.3 is 0 Å². The van der Waals surface area contributed by atoms with Crippen molar-refractivity contribution in [2.45, 2.75) is 32.6 Å². The van der Waals surface area contributed by atoms with Crippen LogP contribution in [0.15, 0.2) is 6.07 Å². The number of hydrazine groups is 1.